The van der Waals surface area contributed by atoms with Crippen molar-refractivity contribution in [1.82, 2.24) is 10.3 Å². The second-order valence-corrected chi connectivity index (χ2v) is 6.20. The summed E-state index contributed by atoms with van der Waals surface area (Å²) in [6, 6.07) is 6.52. The van der Waals surface area contributed by atoms with Gasteiger partial charge in [-0.25, -0.2) is 4.98 Å². The highest BCUT2D eigenvalue weighted by atomic mass is 16.5. The highest BCUT2D eigenvalue weighted by molar-refractivity contribution is 5.38. The Morgan fingerprint density at radius 2 is 2.24 bits per heavy atom. The smallest absolute Gasteiger partial charge is 0.128 e. The molecule has 2 fully saturated rings. The van der Waals surface area contributed by atoms with Crippen LogP contribution in [0.15, 0.2) is 24.4 Å². The number of anilines is 1. The minimum Gasteiger partial charge on any atom is -0.386 e. The molecule has 0 radical (unpaired) electrons. The van der Waals surface area contributed by atoms with Crippen LogP contribution in [0.3, 0.4) is 0 Å². The summed E-state index contributed by atoms with van der Waals surface area (Å²) in [6.07, 6.45) is 4.67. The standard InChI is InChI=1S/C16H25N3O2/c1-13-16(20,7-11-21-13)12-18-14-5-9-19(10-6-14)15-4-2-3-8-17-15/h2-4,8,13-14,18,20H,5-7,9-12H2,1H3. The summed E-state index contributed by atoms with van der Waals surface area (Å²) in [6.45, 7) is 5.27. The van der Waals surface area contributed by atoms with Crippen molar-refractivity contribution in [1.29, 1.82) is 0 Å². The van der Waals surface area contributed by atoms with Crippen LogP contribution in [0.4, 0.5) is 5.82 Å². The van der Waals surface area contributed by atoms with E-state index in [1.165, 1.54) is 0 Å². The summed E-state index contributed by atoms with van der Waals surface area (Å²) in [4.78, 5) is 6.73. The van der Waals surface area contributed by atoms with Crippen molar-refractivity contribution in [3.05, 3.63) is 24.4 Å². The summed E-state index contributed by atoms with van der Waals surface area (Å²) in [5.74, 6) is 1.06. The maximum Gasteiger partial charge on any atom is 0.128 e. The average Bonchev–Trinajstić information content (AvgIpc) is 2.87. The van der Waals surface area contributed by atoms with E-state index in [1.807, 2.05) is 25.3 Å². The third-order valence-electron chi connectivity index (χ3n) is 4.82. The van der Waals surface area contributed by atoms with Crippen molar-refractivity contribution in [3.63, 3.8) is 0 Å². The van der Waals surface area contributed by atoms with Gasteiger partial charge < -0.3 is 20.1 Å². The maximum atomic E-state index is 10.5. The molecule has 1 aromatic rings. The first-order valence-electron chi connectivity index (χ1n) is 7.91. The number of nitrogens with one attached hydrogen (secondary N) is 1. The lowest BCUT2D eigenvalue weighted by Crippen LogP contribution is -2.51. The quantitative estimate of drug-likeness (QED) is 0.872. The maximum absolute atomic E-state index is 10.5. The Labute approximate surface area is 126 Å². The van der Waals surface area contributed by atoms with Gasteiger partial charge in [0.25, 0.3) is 0 Å². The van der Waals surface area contributed by atoms with Gasteiger partial charge in [-0.15, -0.1) is 0 Å². The van der Waals surface area contributed by atoms with Crippen LogP contribution < -0.4 is 10.2 Å². The lowest BCUT2D eigenvalue weighted by molar-refractivity contribution is -0.0280. The van der Waals surface area contributed by atoms with E-state index < -0.39 is 5.60 Å². The van der Waals surface area contributed by atoms with Crippen LogP contribution in [0.1, 0.15) is 26.2 Å². The molecular weight excluding hydrogens is 266 g/mol. The summed E-state index contributed by atoms with van der Waals surface area (Å²) in [5, 5.41) is 14.0. The molecule has 0 saturated carbocycles. The topological polar surface area (TPSA) is 57.6 Å². The number of hydrogen-bond donors (Lipinski definition) is 2. The van der Waals surface area contributed by atoms with E-state index in [2.05, 4.69) is 21.3 Å². The van der Waals surface area contributed by atoms with Gasteiger partial charge in [0, 0.05) is 44.9 Å². The van der Waals surface area contributed by atoms with Gasteiger partial charge >= 0.3 is 0 Å². The van der Waals surface area contributed by atoms with E-state index in [-0.39, 0.29) is 6.10 Å². The summed E-state index contributed by atoms with van der Waals surface area (Å²) < 4.78 is 5.48. The lowest BCUT2D eigenvalue weighted by Gasteiger charge is -2.35. The monoisotopic (exact) mass is 291 g/mol. The molecule has 0 bridgehead atoms. The van der Waals surface area contributed by atoms with Crippen molar-refractivity contribution in [2.45, 2.75) is 43.9 Å². The van der Waals surface area contributed by atoms with Gasteiger partial charge in [-0.3, -0.25) is 0 Å². The first-order chi connectivity index (χ1) is 10.2. The highest BCUT2D eigenvalue weighted by Crippen LogP contribution is 2.25. The van der Waals surface area contributed by atoms with Crippen LogP contribution in [0.5, 0.6) is 0 Å². The SMILES string of the molecule is CC1OCCC1(O)CNC1CCN(c2ccccn2)CC1. The first-order valence-corrected chi connectivity index (χ1v) is 7.91. The van der Waals surface area contributed by atoms with Crippen molar-refractivity contribution < 1.29 is 9.84 Å². The predicted molar refractivity (Wildman–Crippen MR) is 82.5 cm³/mol. The first kappa shape index (κ1) is 14.8. The second-order valence-electron chi connectivity index (χ2n) is 6.20. The Bertz CT molecular complexity index is 448. The molecule has 2 aliphatic heterocycles. The number of piperidine rings is 1. The molecule has 0 aliphatic carbocycles. The van der Waals surface area contributed by atoms with Crippen LogP contribution in [0.25, 0.3) is 0 Å². The Balaban J connectivity index is 1.46. The van der Waals surface area contributed by atoms with Gasteiger partial charge in [0.1, 0.15) is 11.4 Å². The van der Waals surface area contributed by atoms with Gasteiger partial charge in [-0.05, 0) is 31.9 Å². The van der Waals surface area contributed by atoms with E-state index in [9.17, 15) is 5.11 Å². The summed E-state index contributed by atoms with van der Waals surface area (Å²) in [5.41, 5.74) is -0.696. The molecule has 2 atom stereocenters. The fraction of sp³-hybridized carbons (Fsp3) is 0.688. The van der Waals surface area contributed by atoms with E-state index >= 15 is 0 Å². The van der Waals surface area contributed by atoms with Crippen LogP contribution in [-0.2, 0) is 4.74 Å². The lowest BCUT2D eigenvalue weighted by atomic mass is 9.95. The molecule has 2 aliphatic rings. The van der Waals surface area contributed by atoms with Gasteiger partial charge in [0.05, 0.1) is 6.10 Å². The van der Waals surface area contributed by atoms with E-state index in [1.54, 1.807) is 0 Å². The second kappa shape index (κ2) is 6.30. The minimum atomic E-state index is -0.696. The molecule has 3 heterocycles. The van der Waals surface area contributed by atoms with Crippen LogP contribution in [0.2, 0.25) is 0 Å². The van der Waals surface area contributed by atoms with E-state index in [0.29, 0.717) is 19.2 Å². The predicted octanol–water partition coefficient (Wildman–Crippen LogP) is 1.18. The molecule has 0 spiro atoms. The average molecular weight is 291 g/mol. The number of hydrogen-bond acceptors (Lipinski definition) is 5. The summed E-state index contributed by atoms with van der Waals surface area (Å²) >= 11 is 0. The number of ether oxygens (including phenoxy) is 1. The Kier molecular flexibility index (Phi) is 4.42. The van der Waals surface area contributed by atoms with Crippen LogP contribution in [0, 0.1) is 0 Å². The van der Waals surface area contributed by atoms with Crippen molar-refractivity contribution in [2.75, 3.05) is 31.1 Å². The minimum absolute atomic E-state index is 0.0707. The van der Waals surface area contributed by atoms with Gasteiger partial charge in [-0.1, -0.05) is 6.07 Å². The summed E-state index contributed by atoms with van der Waals surface area (Å²) in [7, 11) is 0. The molecule has 2 N–H and O–H groups in total. The molecule has 1 aromatic heterocycles. The fourth-order valence-corrected chi connectivity index (χ4v) is 3.18. The van der Waals surface area contributed by atoms with Gasteiger partial charge in [-0.2, -0.15) is 0 Å². The largest absolute Gasteiger partial charge is 0.386 e. The zero-order valence-electron chi connectivity index (χ0n) is 12.7. The van der Waals surface area contributed by atoms with Crippen LogP contribution in [-0.4, -0.2) is 54.1 Å². The number of rotatable bonds is 4. The molecule has 2 unspecified atom stereocenters. The molecular formula is C16H25N3O2. The normalized spacial score (nSPS) is 30.8. The molecule has 116 valence electrons. The molecule has 0 aromatic carbocycles. The number of pyridine rings is 1. The third-order valence-corrected chi connectivity index (χ3v) is 4.82. The number of aromatic nitrogens is 1. The molecule has 21 heavy (non-hydrogen) atoms. The zero-order valence-corrected chi connectivity index (χ0v) is 12.7. The Morgan fingerprint density at radius 1 is 1.43 bits per heavy atom. The molecule has 0 amide bonds. The van der Waals surface area contributed by atoms with Crippen molar-refractivity contribution >= 4 is 5.82 Å². The fourth-order valence-electron chi connectivity index (χ4n) is 3.18. The Hall–Kier alpha value is -1.17. The van der Waals surface area contributed by atoms with E-state index in [0.717, 1.165) is 38.2 Å². The number of nitrogens with zero attached hydrogens (tertiary/aromatic N) is 2. The number of aliphatic hydroxyl groups is 1. The zero-order chi connectivity index (χ0) is 14.7. The Morgan fingerprint density at radius 3 is 2.86 bits per heavy atom. The van der Waals surface area contributed by atoms with Gasteiger partial charge in [0.15, 0.2) is 0 Å². The van der Waals surface area contributed by atoms with Gasteiger partial charge in [0.2, 0.25) is 0 Å². The molecule has 5 nitrogen and oxygen atoms in total. The highest BCUT2D eigenvalue weighted by Gasteiger charge is 2.39. The third kappa shape index (κ3) is 3.36. The molecule has 5 heteroatoms. The van der Waals surface area contributed by atoms with Crippen molar-refractivity contribution in [2.24, 2.45) is 0 Å². The van der Waals surface area contributed by atoms with Crippen molar-refractivity contribution in [3.8, 4) is 0 Å². The molecule has 2 saturated heterocycles. The van der Waals surface area contributed by atoms with Crippen LogP contribution >= 0.6 is 0 Å². The molecule has 3 rings (SSSR count). The van der Waals surface area contributed by atoms with E-state index in [4.69, 9.17) is 4.74 Å².